The SMILES string of the molecule is CC(C)C[C@H](NC(=O)O)C(=O)N[C@@H](Cc1ccccc1)C(=O)C(=O)NC1CCC1. The van der Waals surface area contributed by atoms with Crippen LogP contribution in [0.25, 0.3) is 0 Å². The minimum atomic E-state index is -1.32. The van der Waals surface area contributed by atoms with E-state index in [0.29, 0.717) is 0 Å². The molecule has 0 bridgehead atoms. The van der Waals surface area contributed by atoms with Gasteiger partial charge in [-0.05, 0) is 37.2 Å². The highest BCUT2D eigenvalue weighted by Gasteiger charge is 2.32. The van der Waals surface area contributed by atoms with Crippen molar-refractivity contribution in [2.24, 2.45) is 5.92 Å². The Morgan fingerprint density at radius 3 is 2.21 bits per heavy atom. The van der Waals surface area contributed by atoms with E-state index in [-0.39, 0.29) is 24.8 Å². The van der Waals surface area contributed by atoms with E-state index in [1.54, 1.807) is 24.3 Å². The standard InChI is InChI=1S/C21H29N3O5/c1-13(2)11-17(24-21(28)29)19(26)23-16(12-14-7-4-3-5-8-14)18(25)20(27)22-15-9-6-10-15/h3-5,7-8,13,15-17,24H,6,9-12H2,1-2H3,(H,22,27)(H,23,26)(H,28,29)/t16-,17-/m0/s1. The largest absolute Gasteiger partial charge is 0.465 e. The number of carboxylic acid groups (broad SMARTS) is 1. The zero-order valence-electron chi connectivity index (χ0n) is 16.8. The minimum Gasteiger partial charge on any atom is -0.465 e. The van der Waals surface area contributed by atoms with Crippen LogP contribution in [0.15, 0.2) is 30.3 Å². The van der Waals surface area contributed by atoms with Gasteiger partial charge in [-0.2, -0.15) is 0 Å². The maximum Gasteiger partial charge on any atom is 0.405 e. The van der Waals surface area contributed by atoms with Crippen molar-refractivity contribution in [2.45, 2.75) is 64.1 Å². The third-order valence-electron chi connectivity index (χ3n) is 4.90. The molecule has 1 fully saturated rings. The molecule has 3 amide bonds. The lowest BCUT2D eigenvalue weighted by molar-refractivity contribution is -0.141. The number of hydrogen-bond acceptors (Lipinski definition) is 4. The lowest BCUT2D eigenvalue weighted by Crippen LogP contribution is -2.55. The topological polar surface area (TPSA) is 125 Å². The molecule has 0 unspecified atom stereocenters. The quantitative estimate of drug-likeness (QED) is 0.442. The molecule has 2 rings (SSSR count). The molecule has 0 aliphatic heterocycles. The Morgan fingerprint density at radius 1 is 1.03 bits per heavy atom. The monoisotopic (exact) mass is 403 g/mol. The van der Waals surface area contributed by atoms with Crippen molar-refractivity contribution in [3.05, 3.63) is 35.9 Å². The van der Waals surface area contributed by atoms with Crippen molar-refractivity contribution >= 4 is 23.7 Å². The van der Waals surface area contributed by atoms with Crippen molar-refractivity contribution in [1.82, 2.24) is 16.0 Å². The van der Waals surface area contributed by atoms with E-state index in [1.807, 2.05) is 19.9 Å². The highest BCUT2D eigenvalue weighted by molar-refractivity contribution is 6.38. The second-order valence-electron chi connectivity index (χ2n) is 7.85. The first kappa shape index (κ1) is 22.4. The molecule has 4 N–H and O–H groups in total. The number of hydrogen-bond donors (Lipinski definition) is 4. The zero-order chi connectivity index (χ0) is 21.4. The molecule has 0 heterocycles. The van der Waals surface area contributed by atoms with Crippen LogP contribution in [-0.4, -0.2) is 46.9 Å². The maximum atomic E-state index is 12.8. The van der Waals surface area contributed by atoms with E-state index in [2.05, 4.69) is 16.0 Å². The van der Waals surface area contributed by atoms with Gasteiger partial charge < -0.3 is 21.1 Å². The van der Waals surface area contributed by atoms with Crippen LogP contribution < -0.4 is 16.0 Å². The summed E-state index contributed by atoms with van der Waals surface area (Å²) in [6.07, 6.45) is 1.80. The molecule has 2 atom stereocenters. The summed E-state index contributed by atoms with van der Waals surface area (Å²) in [5.74, 6) is -2.01. The van der Waals surface area contributed by atoms with Crippen LogP contribution in [0.3, 0.4) is 0 Å². The van der Waals surface area contributed by atoms with Gasteiger partial charge in [0.1, 0.15) is 12.1 Å². The molecule has 1 aliphatic carbocycles. The Kier molecular flexibility index (Phi) is 8.18. The number of Topliss-reactive ketones (excluding diaryl/α,β-unsaturated/α-hetero) is 1. The van der Waals surface area contributed by atoms with Crippen molar-refractivity contribution in [1.29, 1.82) is 0 Å². The highest BCUT2D eigenvalue weighted by atomic mass is 16.4. The molecule has 1 aromatic carbocycles. The average molecular weight is 403 g/mol. The van der Waals surface area contributed by atoms with E-state index in [0.717, 1.165) is 24.8 Å². The third kappa shape index (κ3) is 7.21. The molecule has 0 aromatic heterocycles. The first-order valence-electron chi connectivity index (χ1n) is 9.94. The highest BCUT2D eigenvalue weighted by Crippen LogP contribution is 2.18. The molecule has 1 aliphatic rings. The molecule has 0 radical (unpaired) electrons. The van der Waals surface area contributed by atoms with Crippen molar-refractivity contribution < 1.29 is 24.3 Å². The normalized spacial score (nSPS) is 15.7. The maximum absolute atomic E-state index is 12.8. The molecule has 8 nitrogen and oxygen atoms in total. The number of carbonyl (C=O) groups is 4. The molecular weight excluding hydrogens is 374 g/mol. The summed E-state index contributed by atoms with van der Waals surface area (Å²) in [6.45, 7) is 3.73. The van der Waals surface area contributed by atoms with Crippen LogP contribution in [0.5, 0.6) is 0 Å². The zero-order valence-corrected chi connectivity index (χ0v) is 16.8. The summed E-state index contributed by atoms with van der Waals surface area (Å²) in [7, 11) is 0. The average Bonchev–Trinajstić information content (AvgIpc) is 2.62. The summed E-state index contributed by atoms with van der Waals surface area (Å²) >= 11 is 0. The van der Waals surface area contributed by atoms with Crippen LogP contribution in [0.2, 0.25) is 0 Å². The molecule has 0 spiro atoms. The van der Waals surface area contributed by atoms with Gasteiger partial charge in [-0.1, -0.05) is 44.2 Å². The fraction of sp³-hybridized carbons (Fsp3) is 0.524. The minimum absolute atomic E-state index is 0.00175. The van der Waals surface area contributed by atoms with Gasteiger partial charge in [0.15, 0.2) is 0 Å². The van der Waals surface area contributed by atoms with Gasteiger partial charge in [-0.3, -0.25) is 14.4 Å². The van der Waals surface area contributed by atoms with Gasteiger partial charge in [0.2, 0.25) is 11.7 Å². The van der Waals surface area contributed by atoms with Crippen molar-refractivity contribution in [3.63, 3.8) is 0 Å². The smallest absolute Gasteiger partial charge is 0.405 e. The van der Waals surface area contributed by atoms with Gasteiger partial charge in [-0.15, -0.1) is 0 Å². The van der Waals surface area contributed by atoms with Gasteiger partial charge in [0, 0.05) is 12.5 Å². The van der Waals surface area contributed by atoms with Crippen LogP contribution >= 0.6 is 0 Å². The lowest BCUT2D eigenvalue weighted by atomic mass is 9.92. The van der Waals surface area contributed by atoms with Gasteiger partial charge in [-0.25, -0.2) is 4.79 Å². The predicted molar refractivity (Wildman–Crippen MR) is 107 cm³/mol. The predicted octanol–water partition coefficient (Wildman–Crippen LogP) is 1.63. The third-order valence-corrected chi connectivity index (χ3v) is 4.90. The number of benzene rings is 1. The molecule has 1 saturated carbocycles. The summed E-state index contributed by atoms with van der Waals surface area (Å²) in [4.78, 5) is 48.9. The number of nitrogens with one attached hydrogen (secondary N) is 3. The van der Waals surface area contributed by atoms with E-state index in [4.69, 9.17) is 5.11 Å². The number of amides is 3. The second-order valence-corrected chi connectivity index (χ2v) is 7.85. The fourth-order valence-corrected chi connectivity index (χ4v) is 3.15. The van der Waals surface area contributed by atoms with Crippen LogP contribution in [0.1, 0.15) is 45.1 Å². The van der Waals surface area contributed by atoms with E-state index in [1.165, 1.54) is 0 Å². The number of rotatable bonds is 10. The summed E-state index contributed by atoms with van der Waals surface area (Å²) in [6, 6.07) is 6.97. The fourth-order valence-electron chi connectivity index (χ4n) is 3.15. The van der Waals surface area contributed by atoms with Crippen LogP contribution in [0.4, 0.5) is 4.79 Å². The van der Waals surface area contributed by atoms with Crippen molar-refractivity contribution in [3.8, 4) is 0 Å². The number of ketones is 1. The van der Waals surface area contributed by atoms with Crippen molar-refractivity contribution in [2.75, 3.05) is 0 Å². The summed E-state index contributed by atoms with van der Waals surface area (Å²) < 4.78 is 0. The van der Waals surface area contributed by atoms with Gasteiger partial charge in [0.25, 0.3) is 5.91 Å². The Balaban J connectivity index is 2.13. The Bertz CT molecular complexity index is 731. The van der Waals surface area contributed by atoms with Gasteiger partial charge in [0.05, 0.1) is 0 Å². The molecule has 29 heavy (non-hydrogen) atoms. The van der Waals surface area contributed by atoms with E-state index >= 15 is 0 Å². The van der Waals surface area contributed by atoms with Crippen LogP contribution in [-0.2, 0) is 20.8 Å². The lowest BCUT2D eigenvalue weighted by Gasteiger charge is -2.27. The Labute approximate surface area is 170 Å². The first-order valence-corrected chi connectivity index (χ1v) is 9.94. The summed E-state index contributed by atoms with van der Waals surface area (Å²) in [5, 5.41) is 16.5. The van der Waals surface area contributed by atoms with Gasteiger partial charge >= 0.3 is 6.09 Å². The Hall–Kier alpha value is -2.90. The molecule has 0 saturated heterocycles. The second kappa shape index (κ2) is 10.6. The Morgan fingerprint density at radius 2 is 1.69 bits per heavy atom. The number of carbonyl (C=O) groups excluding carboxylic acids is 3. The molecular formula is C21H29N3O5. The first-order chi connectivity index (χ1) is 13.8. The van der Waals surface area contributed by atoms with E-state index < -0.39 is 35.8 Å². The molecule has 1 aromatic rings. The molecule has 8 heteroatoms. The van der Waals surface area contributed by atoms with E-state index in [9.17, 15) is 19.2 Å². The van der Waals surface area contributed by atoms with Crippen LogP contribution in [0, 0.1) is 5.92 Å². The molecule has 158 valence electrons. The summed E-state index contributed by atoms with van der Waals surface area (Å²) in [5.41, 5.74) is 0.786.